The predicted molar refractivity (Wildman–Crippen MR) is 68.8 cm³/mol. The highest BCUT2D eigenvalue weighted by Gasteiger charge is 2.04. The van der Waals surface area contributed by atoms with Gasteiger partial charge in [0.25, 0.3) is 0 Å². The van der Waals surface area contributed by atoms with Gasteiger partial charge in [0.1, 0.15) is 11.9 Å². The molecule has 18 heavy (non-hydrogen) atoms. The van der Waals surface area contributed by atoms with Gasteiger partial charge in [-0.2, -0.15) is 5.26 Å². The first-order chi connectivity index (χ1) is 8.81. The fourth-order valence-electron chi connectivity index (χ4n) is 1.61. The van der Waals surface area contributed by atoms with E-state index in [1.807, 2.05) is 6.07 Å². The number of pyridine rings is 1. The molecule has 4 N–H and O–H groups in total. The summed E-state index contributed by atoms with van der Waals surface area (Å²) in [6.45, 7) is 0.729. The van der Waals surface area contributed by atoms with Crippen LogP contribution < -0.4 is 11.1 Å². The van der Waals surface area contributed by atoms with E-state index in [4.69, 9.17) is 11.0 Å². The molecule has 0 amide bonds. The quantitative estimate of drug-likeness (QED) is 0.686. The molecule has 2 aromatic heterocycles. The number of rotatable bonds is 5. The first-order valence-corrected chi connectivity index (χ1v) is 5.68. The molecule has 92 valence electrons. The van der Waals surface area contributed by atoms with Gasteiger partial charge in [0.15, 0.2) is 5.82 Å². The normalized spacial score (nSPS) is 9.94. The maximum absolute atomic E-state index is 8.84. The van der Waals surface area contributed by atoms with E-state index in [1.165, 1.54) is 0 Å². The second-order valence-electron chi connectivity index (χ2n) is 3.80. The lowest BCUT2D eigenvalue weighted by Crippen LogP contribution is -2.08. The number of nitrogen functional groups attached to an aromatic ring is 1. The van der Waals surface area contributed by atoms with E-state index in [9.17, 15) is 0 Å². The van der Waals surface area contributed by atoms with Crippen molar-refractivity contribution < 1.29 is 0 Å². The number of aromatic amines is 1. The topological polar surface area (TPSA) is 103 Å². The van der Waals surface area contributed by atoms with Gasteiger partial charge in [0.2, 0.25) is 0 Å². The molecule has 6 nitrogen and oxygen atoms in total. The van der Waals surface area contributed by atoms with Gasteiger partial charge in [-0.3, -0.25) is 0 Å². The number of nitrogens with two attached hydrogens (primary N) is 1. The van der Waals surface area contributed by atoms with Crippen molar-refractivity contribution in [2.45, 2.75) is 12.8 Å². The number of aromatic nitrogens is 3. The number of nitrogens with one attached hydrogen (secondary N) is 2. The van der Waals surface area contributed by atoms with Crippen molar-refractivity contribution in [3.63, 3.8) is 0 Å². The monoisotopic (exact) mass is 242 g/mol. The molecule has 2 aromatic rings. The first kappa shape index (κ1) is 11.9. The molecule has 0 bridgehead atoms. The van der Waals surface area contributed by atoms with Crippen LogP contribution in [0.1, 0.15) is 17.8 Å². The molecular formula is C12H14N6. The number of H-pyrrole nitrogens is 1. The molecule has 0 unspecified atom stereocenters. The Bertz CT molecular complexity index is 540. The molecular weight excluding hydrogens is 228 g/mol. The number of nitrogens with zero attached hydrogens (tertiary/aromatic N) is 3. The molecule has 0 aromatic carbocycles. The largest absolute Gasteiger partial charge is 0.395 e. The van der Waals surface area contributed by atoms with E-state index < -0.39 is 0 Å². The Morgan fingerprint density at radius 2 is 2.28 bits per heavy atom. The molecule has 0 aliphatic carbocycles. The molecule has 0 aliphatic rings. The van der Waals surface area contributed by atoms with Gasteiger partial charge < -0.3 is 16.0 Å². The standard InChI is InChI=1S/C12H14N6/c13-8-9-3-5-18-12(11(9)14)17-4-1-2-10-15-6-7-16-10/h3,5-7H,1-2,4,14H2,(H,15,16)(H,17,18). The number of imidazole rings is 1. The second kappa shape index (κ2) is 5.68. The van der Waals surface area contributed by atoms with Gasteiger partial charge in [-0.05, 0) is 12.5 Å². The summed E-state index contributed by atoms with van der Waals surface area (Å²) in [5.74, 6) is 1.53. The van der Waals surface area contributed by atoms with E-state index in [2.05, 4.69) is 20.3 Å². The maximum Gasteiger partial charge on any atom is 0.150 e. The highest BCUT2D eigenvalue weighted by atomic mass is 15.0. The third-order valence-electron chi connectivity index (χ3n) is 2.55. The summed E-state index contributed by atoms with van der Waals surface area (Å²) >= 11 is 0. The maximum atomic E-state index is 8.84. The van der Waals surface area contributed by atoms with Crippen molar-refractivity contribution in [2.24, 2.45) is 0 Å². The minimum absolute atomic E-state index is 0.401. The molecule has 0 fully saturated rings. The van der Waals surface area contributed by atoms with Crippen LogP contribution in [0.3, 0.4) is 0 Å². The van der Waals surface area contributed by atoms with Crippen LogP contribution in [0, 0.1) is 11.3 Å². The molecule has 2 rings (SSSR count). The zero-order valence-corrected chi connectivity index (χ0v) is 9.85. The third-order valence-corrected chi connectivity index (χ3v) is 2.55. The summed E-state index contributed by atoms with van der Waals surface area (Å²) in [5.41, 5.74) is 6.65. The van der Waals surface area contributed by atoms with Crippen LogP contribution in [0.4, 0.5) is 11.5 Å². The molecule has 0 aliphatic heterocycles. The highest BCUT2D eigenvalue weighted by Crippen LogP contribution is 2.18. The average molecular weight is 242 g/mol. The van der Waals surface area contributed by atoms with Gasteiger partial charge in [-0.1, -0.05) is 0 Å². The third kappa shape index (κ3) is 2.77. The van der Waals surface area contributed by atoms with E-state index in [0.717, 1.165) is 25.2 Å². The Balaban J connectivity index is 1.85. The summed E-state index contributed by atoms with van der Waals surface area (Å²) < 4.78 is 0. The number of hydrogen-bond acceptors (Lipinski definition) is 5. The smallest absolute Gasteiger partial charge is 0.150 e. The van der Waals surface area contributed by atoms with Gasteiger partial charge in [0, 0.05) is 31.6 Å². The van der Waals surface area contributed by atoms with Gasteiger partial charge in [-0.25, -0.2) is 9.97 Å². The molecule has 0 saturated carbocycles. The Labute approximate surface area is 105 Å². The molecule has 6 heteroatoms. The zero-order valence-electron chi connectivity index (χ0n) is 9.85. The van der Waals surface area contributed by atoms with Crippen molar-refractivity contribution in [2.75, 3.05) is 17.6 Å². The fourth-order valence-corrected chi connectivity index (χ4v) is 1.61. The summed E-state index contributed by atoms with van der Waals surface area (Å²) in [6.07, 6.45) is 6.88. The minimum Gasteiger partial charge on any atom is -0.395 e. The fraction of sp³-hybridized carbons (Fsp3) is 0.250. The molecule has 0 atom stereocenters. The van der Waals surface area contributed by atoms with E-state index in [-0.39, 0.29) is 0 Å². The average Bonchev–Trinajstić information content (AvgIpc) is 2.89. The lowest BCUT2D eigenvalue weighted by Gasteiger charge is -2.08. The number of anilines is 2. The van der Waals surface area contributed by atoms with E-state index in [1.54, 1.807) is 24.7 Å². The van der Waals surface area contributed by atoms with Crippen molar-refractivity contribution in [1.29, 1.82) is 5.26 Å². The molecule has 0 saturated heterocycles. The van der Waals surface area contributed by atoms with Crippen molar-refractivity contribution in [1.82, 2.24) is 15.0 Å². The summed E-state index contributed by atoms with van der Waals surface area (Å²) in [7, 11) is 0. The van der Waals surface area contributed by atoms with Crippen LogP contribution in [-0.4, -0.2) is 21.5 Å². The SMILES string of the molecule is N#Cc1ccnc(NCCCc2ncc[nH]2)c1N. The lowest BCUT2D eigenvalue weighted by atomic mass is 10.2. The van der Waals surface area contributed by atoms with Crippen LogP contribution in [0.25, 0.3) is 0 Å². The Hall–Kier alpha value is -2.55. The predicted octanol–water partition coefficient (Wildman–Crippen LogP) is 1.30. The van der Waals surface area contributed by atoms with Crippen LogP contribution in [0.5, 0.6) is 0 Å². The van der Waals surface area contributed by atoms with Crippen LogP contribution in [0.15, 0.2) is 24.7 Å². The summed E-state index contributed by atoms with van der Waals surface area (Å²) in [4.78, 5) is 11.3. The molecule has 2 heterocycles. The van der Waals surface area contributed by atoms with Gasteiger partial charge in [0.05, 0.1) is 11.3 Å². The Morgan fingerprint density at radius 3 is 3.00 bits per heavy atom. The van der Waals surface area contributed by atoms with E-state index >= 15 is 0 Å². The van der Waals surface area contributed by atoms with Crippen LogP contribution >= 0.6 is 0 Å². The van der Waals surface area contributed by atoms with Gasteiger partial charge in [-0.15, -0.1) is 0 Å². The lowest BCUT2D eigenvalue weighted by molar-refractivity contribution is 0.814. The van der Waals surface area contributed by atoms with Gasteiger partial charge >= 0.3 is 0 Å². The second-order valence-corrected chi connectivity index (χ2v) is 3.80. The highest BCUT2D eigenvalue weighted by molar-refractivity contribution is 5.68. The number of nitriles is 1. The molecule has 0 spiro atoms. The van der Waals surface area contributed by atoms with E-state index in [0.29, 0.717) is 17.1 Å². The van der Waals surface area contributed by atoms with Crippen LogP contribution in [-0.2, 0) is 6.42 Å². The molecule has 0 radical (unpaired) electrons. The Kier molecular flexibility index (Phi) is 3.76. The minimum atomic E-state index is 0.401. The van der Waals surface area contributed by atoms with Crippen molar-refractivity contribution >= 4 is 11.5 Å². The van der Waals surface area contributed by atoms with Crippen LogP contribution in [0.2, 0.25) is 0 Å². The Morgan fingerprint density at radius 1 is 1.39 bits per heavy atom. The van der Waals surface area contributed by atoms with Crippen molar-refractivity contribution in [3.05, 3.63) is 36.0 Å². The van der Waals surface area contributed by atoms with Crippen molar-refractivity contribution in [3.8, 4) is 6.07 Å². The number of aryl methyl sites for hydroxylation is 1. The number of hydrogen-bond donors (Lipinski definition) is 3. The summed E-state index contributed by atoms with van der Waals surface area (Å²) in [6, 6.07) is 3.63. The summed E-state index contributed by atoms with van der Waals surface area (Å²) in [5, 5.41) is 12.0. The first-order valence-electron chi connectivity index (χ1n) is 5.68. The zero-order chi connectivity index (χ0) is 12.8.